The molecule has 2 unspecified atom stereocenters. The molecule has 2 aliphatic heterocycles. The van der Waals surface area contributed by atoms with Crippen molar-refractivity contribution in [3.63, 3.8) is 0 Å². The summed E-state index contributed by atoms with van der Waals surface area (Å²) in [5.74, 6) is -2.72. The molecule has 0 saturated heterocycles. The fourth-order valence-corrected chi connectivity index (χ4v) is 7.76. The van der Waals surface area contributed by atoms with Crippen molar-refractivity contribution in [1.82, 2.24) is 20.3 Å². The number of rotatable bonds is 8. The summed E-state index contributed by atoms with van der Waals surface area (Å²) < 4.78 is 0. The third-order valence-electron chi connectivity index (χ3n) is 10.8. The largest absolute Gasteiger partial charge is 0.480 e. The third-order valence-corrected chi connectivity index (χ3v) is 10.8. The number of amides is 3. The van der Waals surface area contributed by atoms with Gasteiger partial charge in [0.2, 0.25) is 17.9 Å². The second kappa shape index (κ2) is 17.7. The summed E-state index contributed by atoms with van der Waals surface area (Å²) in [6, 6.07) is 49.6. The van der Waals surface area contributed by atoms with Gasteiger partial charge in [-0.1, -0.05) is 133 Å². The third kappa shape index (κ3) is 8.43. The van der Waals surface area contributed by atoms with Crippen LogP contribution in [0.1, 0.15) is 27.2 Å². The van der Waals surface area contributed by atoms with Gasteiger partial charge in [0.1, 0.15) is 18.3 Å². The van der Waals surface area contributed by atoms with E-state index in [1.165, 1.54) is 0 Å². The Balaban J connectivity index is 0.000000163. The summed E-state index contributed by atoms with van der Waals surface area (Å²) in [4.78, 5) is 81.4. The number of fused-ring (bicyclic) bond motifs is 4. The molecular weight excluding hydrogens is 809 g/mol. The minimum Gasteiger partial charge on any atom is -0.480 e. The molecule has 5 N–H and O–H groups in total. The van der Waals surface area contributed by atoms with Crippen molar-refractivity contribution in [2.24, 2.45) is 4.99 Å². The predicted octanol–water partition coefficient (Wildman–Crippen LogP) is 6.82. The number of anilines is 3. The molecule has 314 valence electrons. The van der Waals surface area contributed by atoms with Crippen LogP contribution in [-0.4, -0.2) is 68.2 Å². The molecule has 6 aromatic carbocycles. The van der Waals surface area contributed by atoms with Crippen LogP contribution in [0.15, 0.2) is 174 Å². The molecule has 10 rings (SSSR count). The van der Waals surface area contributed by atoms with Crippen molar-refractivity contribution < 1.29 is 24.3 Å². The lowest BCUT2D eigenvalue weighted by atomic mass is 10.0. The Morgan fingerprint density at radius 1 is 0.734 bits per heavy atom. The Hall–Kier alpha value is -8.78. The van der Waals surface area contributed by atoms with Crippen molar-refractivity contribution in [3.05, 3.63) is 197 Å². The van der Waals surface area contributed by atoms with Crippen molar-refractivity contribution in [3.8, 4) is 11.3 Å². The molecule has 0 saturated carbocycles. The molecule has 2 atom stereocenters. The highest BCUT2D eigenvalue weighted by molar-refractivity contribution is 6.21. The van der Waals surface area contributed by atoms with Crippen molar-refractivity contribution >= 4 is 68.4 Å². The molecule has 0 spiro atoms. The highest BCUT2D eigenvalue weighted by Gasteiger charge is 2.34. The Bertz CT molecular complexity index is 3130. The van der Waals surface area contributed by atoms with Gasteiger partial charge in [-0.25, -0.2) is 15.0 Å². The lowest BCUT2D eigenvalue weighted by Gasteiger charge is -2.23. The van der Waals surface area contributed by atoms with E-state index in [1.807, 2.05) is 127 Å². The first-order valence-corrected chi connectivity index (χ1v) is 20.4. The Kier molecular flexibility index (Phi) is 11.2. The lowest BCUT2D eigenvalue weighted by Crippen LogP contribution is -2.49. The molecule has 0 fully saturated rings. The van der Waals surface area contributed by atoms with Crippen molar-refractivity contribution in [1.29, 1.82) is 0 Å². The standard InChI is InChI=1S/C26H20N4O4.C24H18N4O2/c31-22(32)15-30-21-13-7-5-11-18(21)23(16-8-2-1-3-9-16)28-24(26(30)34)29-25(33)20-14-17-10-4-6-12-19(17)27-20;29-23(20-14-16-10-4-6-12-18(16)25-20)28-22-24(30)26-19-13-7-5-11-17(19)21(27-22)15-8-2-1-3-9-15/h1-14,24,27H,15H2,(H,29,33)(H,31,32);1-13,20,25H,14H2,(H,26,27,28,29,30). The van der Waals surface area contributed by atoms with Gasteiger partial charge in [0, 0.05) is 45.1 Å². The quantitative estimate of drug-likeness (QED) is 0.109. The highest BCUT2D eigenvalue weighted by Crippen LogP contribution is 2.30. The summed E-state index contributed by atoms with van der Waals surface area (Å²) in [6.45, 7) is -0.563. The van der Waals surface area contributed by atoms with Gasteiger partial charge in [0.05, 0.1) is 22.6 Å². The number of hydrogen-bond donors (Lipinski definition) is 5. The molecule has 64 heavy (non-hydrogen) atoms. The van der Waals surface area contributed by atoms with Crippen LogP contribution in [0, 0.1) is 0 Å². The molecule has 2 aliphatic rings. The molecule has 0 bridgehead atoms. The van der Waals surface area contributed by atoms with E-state index in [0.29, 0.717) is 34.6 Å². The van der Waals surface area contributed by atoms with E-state index < -0.39 is 42.1 Å². The number of aliphatic imine (C=N–C) groups is 1. The van der Waals surface area contributed by atoms with Crippen LogP contribution >= 0.6 is 0 Å². The topological polar surface area (TPSA) is 199 Å². The van der Waals surface area contributed by atoms with Crippen molar-refractivity contribution in [2.75, 3.05) is 22.1 Å². The number of para-hydroxylation sites is 4. The number of aromatic amines is 1. The first-order valence-electron chi connectivity index (χ1n) is 20.4. The van der Waals surface area contributed by atoms with Crippen LogP contribution in [0.5, 0.6) is 0 Å². The number of carbonyl (C=O) groups is 4. The number of nitrogens with zero attached hydrogens (tertiary/aromatic N) is 4. The van der Waals surface area contributed by atoms with Crippen molar-refractivity contribution in [2.45, 2.75) is 18.6 Å². The highest BCUT2D eigenvalue weighted by atomic mass is 16.4. The summed E-state index contributed by atoms with van der Waals surface area (Å²) in [7, 11) is 0. The normalized spacial score (nSPS) is 15.1. The average molecular weight is 847 g/mol. The zero-order valence-corrected chi connectivity index (χ0v) is 33.9. The summed E-state index contributed by atoms with van der Waals surface area (Å²) in [5.41, 5.74) is 6.70. The van der Waals surface area contributed by atoms with Crippen LogP contribution in [0.4, 0.5) is 17.2 Å². The molecule has 8 aromatic rings. The number of hydrogen-bond acceptors (Lipinski definition) is 9. The molecule has 4 heterocycles. The summed E-state index contributed by atoms with van der Waals surface area (Å²) >= 11 is 0. The van der Waals surface area contributed by atoms with Gasteiger partial charge in [-0.2, -0.15) is 0 Å². The van der Waals surface area contributed by atoms with Gasteiger partial charge >= 0.3 is 11.5 Å². The smallest absolute Gasteiger partial charge is 0.323 e. The fourth-order valence-electron chi connectivity index (χ4n) is 7.76. The van der Waals surface area contributed by atoms with E-state index in [9.17, 15) is 29.1 Å². The first-order chi connectivity index (χ1) is 31.2. The molecule has 14 nitrogen and oxygen atoms in total. The zero-order valence-electron chi connectivity index (χ0n) is 33.9. The van der Waals surface area contributed by atoms with Gasteiger partial charge in [-0.15, -0.1) is 0 Å². The Morgan fingerprint density at radius 2 is 1.41 bits per heavy atom. The first kappa shape index (κ1) is 40.6. The molecule has 0 radical (unpaired) electrons. The van der Waals surface area contributed by atoms with E-state index in [-0.39, 0.29) is 17.4 Å². The lowest BCUT2D eigenvalue weighted by molar-refractivity contribution is -0.136. The van der Waals surface area contributed by atoms with Crippen LogP contribution in [0.3, 0.4) is 0 Å². The monoisotopic (exact) mass is 846 g/mol. The van der Waals surface area contributed by atoms with Gasteiger partial charge < -0.3 is 26.0 Å². The van der Waals surface area contributed by atoms with Crippen LogP contribution in [-0.2, 0) is 20.8 Å². The van der Waals surface area contributed by atoms with Gasteiger partial charge in [0.25, 0.3) is 11.8 Å². The van der Waals surface area contributed by atoms with Gasteiger partial charge in [-0.05, 0) is 35.9 Å². The number of carboxylic acid groups (broad SMARTS) is 1. The second-order valence-corrected chi connectivity index (χ2v) is 15.0. The minimum atomic E-state index is -1.32. The average Bonchev–Trinajstić information content (AvgIpc) is 3.91. The number of aromatic nitrogens is 3. The van der Waals surface area contributed by atoms with Crippen LogP contribution in [0.2, 0.25) is 0 Å². The number of nitrogens with one attached hydrogen (secondary N) is 4. The van der Waals surface area contributed by atoms with Gasteiger partial charge in [-0.3, -0.25) is 28.9 Å². The molecular formula is C50H38N8O6. The number of carbonyl (C=O) groups excluding carboxylic acids is 3. The summed E-state index contributed by atoms with van der Waals surface area (Å²) in [5, 5.41) is 19.7. The maximum atomic E-state index is 13.5. The number of H-pyrrole nitrogens is 1. The zero-order chi connectivity index (χ0) is 44.2. The van der Waals surface area contributed by atoms with E-state index in [0.717, 1.165) is 43.6 Å². The number of carboxylic acids is 1. The number of benzene rings is 6. The Labute approximate surface area is 365 Å². The fraction of sp³-hybridized carbons (Fsp3) is 0.0800. The van der Waals surface area contributed by atoms with E-state index in [2.05, 4.69) is 35.9 Å². The summed E-state index contributed by atoms with van der Waals surface area (Å²) in [6.07, 6.45) is -0.767. The maximum Gasteiger partial charge on any atom is 0.323 e. The van der Waals surface area contributed by atoms with Gasteiger partial charge in [0.15, 0.2) is 0 Å². The molecule has 14 heteroatoms. The number of benzodiazepines with no additional fused rings is 1. The molecule has 2 aromatic heterocycles. The van der Waals surface area contributed by atoms with E-state index >= 15 is 0 Å². The predicted molar refractivity (Wildman–Crippen MR) is 245 cm³/mol. The number of aliphatic carboxylic acids is 1. The molecule has 0 aliphatic carbocycles. The maximum absolute atomic E-state index is 13.5. The SMILES string of the molecule is O=C(Nc1nc(-c2ccccc2)c2ccccc2nc1=O)C1Cc2ccccc2N1.O=C(O)CN1C(=O)C(NC(=O)c2cc3ccccc3[nH]2)N=C(c2ccccc2)c2ccccc21. The second-order valence-electron chi connectivity index (χ2n) is 15.0. The van der Waals surface area contributed by atoms with Crippen LogP contribution in [0.25, 0.3) is 33.1 Å². The van der Waals surface area contributed by atoms with Crippen LogP contribution < -0.4 is 26.4 Å². The minimum absolute atomic E-state index is 0.0761. The van der Waals surface area contributed by atoms with E-state index in [4.69, 9.17) is 0 Å². The van der Waals surface area contributed by atoms with E-state index in [1.54, 1.807) is 36.4 Å². The molecule has 3 amide bonds. The Morgan fingerprint density at radius 3 is 2.17 bits per heavy atom.